The third-order valence-corrected chi connectivity index (χ3v) is 2.64. The zero-order valence-corrected chi connectivity index (χ0v) is 9.20. The van der Waals surface area contributed by atoms with Gasteiger partial charge in [-0.2, -0.15) is 5.10 Å². The summed E-state index contributed by atoms with van der Waals surface area (Å²) in [7, 11) is 1.95. The molecule has 1 aromatic rings. The van der Waals surface area contributed by atoms with E-state index in [0.717, 1.165) is 18.7 Å². The van der Waals surface area contributed by atoms with Crippen LogP contribution in [0.4, 0.5) is 0 Å². The Bertz CT molecular complexity index is 381. The van der Waals surface area contributed by atoms with E-state index in [0.29, 0.717) is 6.54 Å². The Morgan fingerprint density at radius 2 is 2.47 bits per heavy atom. The predicted molar refractivity (Wildman–Crippen MR) is 58.6 cm³/mol. The van der Waals surface area contributed by atoms with Crippen LogP contribution < -0.4 is 5.32 Å². The highest BCUT2D eigenvalue weighted by atomic mass is 16.3. The van der Waals surface area contributed by atoms with E-state index in [9.17, 15) is 5.11 Å². The summed E-state index contributed by atoms with van der Waals surface area (Å²) < 4.78 is 1.90. The lowest BCUT2D eigenvalue weighted by atomic mass is 10.0. The molecule has 2 rings (SSSR count). The van der Waals surface area contributed by atoms with Crippen LogP contribution in [0.1, 0.15) is 11.4 Å². The maximum Gasteiger partial charge on any atom is 0.0848 e. The van der Waals surface area contributed by atoms with Crippen LogP contribution in [-0.4, -0.2) is 34.1 Å². The van der Waals surface area contributed by atoms with Gasteiger partial charge in [0.15, 0.2) is 0 Å². The fraction of sp³-hybridized carbons (Fsp3) is 0.545. The van der Waals surface area contributed by atoms with Crippen molar-refractivity contribution in [3.05, 3.63) is 29.1 Å². The Hall–Kier alpha value is -1.13. The Balaban J connectivity index is 2.11. The molecule has 1 aliphatic rings. The van der Waals surface area contributed by atoms with E-state index in [1.165, 1.54) is 11.3 Å². The largest absolute Gasteiger partial charge is 0.388 e. The number of nitrogens with zero attached hydrogens (tertiary/aromatic N) is 2. The van der Waals surface area contributed by atoms with Gasteiger partial charge in [0.05, 0.1) is 11.8 Å². The fourth-order valence-corrected chi connectivity index (χ4v) is 1.95. The number of hydrogen-bond donors (Lipinski definition) is 2. The SMILES string of the molecule is Cc1cc(CC2=CC(O)CNC2)n(C)n1. The average Bonchev–Trinajstić information content (AvgIpc) is 2.45. The van der Waals surface area contributed by atoms with Crippen molar-refractivity contribution < 1.29 is 5.11 Å². The molecule has 0 saturated carbocycles. The van der Waals surface area contributed by atoms with Gasteiger partial charge in [-0.1, -0.05) is 11.6 Å². The molecule has 0 amide bonds. The van der Waals surface area contributed by atoms with E-state index in [1.807, 2.05) is 24.7 Å². The predicted octanol–water partition coefficient (Wildman–Crippen LogP) is 0.162. The van der Waals surface area contributed by atoms with Crippen molar-refractivity contribution in [2.45, 2.75) is 19.4 Å². The van der Waals surface area contributed by atoms with Crippen LogP contribution in [0, 0.1) is 6.92 Å². The molecule has 4 heteroatoms. The Morgan fingerprint density at radius 3 is 3.07 bits per heavy atom. The van der Waals surface area contributed by atoms with Crippen LogP contribution in [0.3, 0.4) is 0 Å². The van der Waals surface area contributed by atoms with E-state index >= 15 is 0 Å². The Kier molecular flexibility index (Phi) is 2.88. The summed E-state index contributed by atoms with van der Waals surface area (Å²) >= 11 is 0. The third-order valence-electron chi connectivity index (χ3n) is 2.64. The Labute approximate surface area is 89.6 Å². The fourth-order valence-electron chi connectivity index (χ4n) is 1.95. The lowest BCUT2D eigenvalue weighted by Gasteiger charge is -2.18. The molecule has 2 heterocycles. The molecular formula is C11H17N3O. The highest BCUT2D eigenvalue weighted by Gasteiger charge is 2.12. The zero-order valence-electron chi connectivity index (χ0n) is 9.20. The second-order valence-electron chi connectivity index (χ2n) is 4.10. The van der Waals surface area contributed by atoms with E-state index < -0.39 is 0 Å². The van der Waals surface area contributed by atoms with Crippen molar-refractivity contribution in [2.75, 3.05) is 13.1 Å². The molecule has 1 aliphatic heterocycles. The summed E-state index contributed by atoms with van der Waals surface area (Å²) in [5, 5.41) is 17.0. The van der Waals surface area contributed by atoms with Gasteiger partial charge in [-0.05, 0) is 13.0 Å². The monoisotopic (exact) mass is 207 g/mol. The van der Waals surface area contributed by atoms with Crippen LogP contribution in [0.2, 0.25) is 0 Å². The maximum absolute atomic E-state index is 9.47. The molecule has 0 radical (unpaired) electrons. The quantitative estimate of drug-likeness (QED) is 0.679. The summed E-state index contributed by atoms with van der Waals surface area (Å²) in [6, 6.07) is 2.09. The first-order valence-electron chi connectivity index (χ1n) is 5.23. The van der Waals surface area contributed by atoms with Gasteiger partial charge in [0.1, 0.15) is 0 Å². The van der Waals surface area contributed by atoms with Gasteiger partial charge in [-0.3, -0.25) is 4.68 Å². The second kappa shape index (κ2) is 4.16. The number of aliphatic hydroxyl groups excluding tert-OH is 1. The summed E-state index contributed by atoms with van der Waals surface area (Å²) in [4.78, 5) is 0. The molecule has 82 valence electrons. The number of hydrogen-bond acceptors (Lipinski definition) is 3. The van der Waals surface area contributed by atoms with Crippen molar-refractivity contribution in [1.29, 1.82) is 0 Å². The van der Waals surface area contributed by atoms with Crippen molar-refractivity contribution in [3.8, 4) is 0 Å². The number of rotatable bonds is 2. The average molecular weight is 207 g/mol. The van der Waals surface area contributed by atoms with Crippen LogP contribution >= 0.6 is 0 Å². The molecule has 4 nitrogen and oxygen atoms in total. The van der Waals surface area contributed by atoms with Gasteiger partial charge < -0.3 is 10.4 Å². The smallest absolute Gasteiger partial charge is 0.0848 e. The summed E-state index contributed by atoms with van der Waals surface area (Å²) in [5.74, 6) is 0. The van der Waals surface area contributed by atoms with Gasteiger partial charge in [-0.15, -0.1) is 0 Å². The highest BCUT2D eigenvalue weighted by molar-refractivity contribution is 5.21. The number of aromatic nitrogens is 2. The molecule has 0 bridgehead atoms. The summed E-state index contributed by atoms with van der Waals surface area (Å²) in [5.41, 5.74) is 3.46. The van der Waals surface area contributed by atoms with Crippen molar-refractivity contribution in [1.82, 2.24) is 15.1 Å². The van der Waals surface area contributed by atoms with Gasteiger partial charge in [0.2, 0.25) is 0 Å². The first-order valence-corrected chi connectivity index (χ1v) is 5.23. The van der Waals surface area contributed by atoms with E-state index in [-0.39, 0.29) is 6.10 Å². The minimum absolute atomic E-state index is 0.344. The molecular weight excluding hydrogens is 190 g/mol. The standard InChI is InChI=1S/C11H17N3O/c1-8-3-10(14(2)13-8)4-9-5-11(15)7-12-6-9/h3,5,11-12,15H,4,6-7H2,1-2H3. The summed E-state index contributed by atoms with van der Waals surface area (Å²) in [6.07, 6.45) is 2.46. The molecule has 0 spiro atoms. The van der Waals surface area contributed by atoms with Crippen molar-refractivity contribution >= 4 is 0 Å². The van der Waals surface area contributed by atoms with Gasteiger partial charge in [-0.25, -0.2) is 0 Å². The van der Waals surface area contributed by atoms with Crippen LogP contribution in [0.15, 0.2) is 17.7 Å². The topological polar surface area (TPSA) is 50.1 Å². The lowest BCUT2D eigenvalue weighted by Crippen LogP contribution is -2.33. The van der Waals surface area contributed by atoms with Crippen molar-refractivity contribution in [3.63, 3.8) is 0 Å². The first kappa shape index (κ1) is 10.4. The number of aliphatic hydroxyl groups is 1. The van der Waals surface area contributed by atoms with Crippen LogP contribution in [0.5, 0.6) is 0 Å². The van der Waals surface area contributed by atoms with E-state index in [4.69, 9.17) is 0 Å². The molecule has 0 aromatic carbocycles. The zero-order chi connectivity index (χ0) is 10.8. The number of β-amino-alcohol motifs (C(OH)–C–C–N with tert-alkyl or cyclic N) is 1. The minimum atomic E-state index is -0.344. The van der Waals surface area contributed by atoms with Gasteiger partial charge >= 0.3 is 0 Å². The summed E-state index contributed by atoms with van der Waals surface area (Å²) in [6.45, 7) is 3.51. The minimum Gasteiger partial charge on any atom is -0.388 e. The first-order chi connectivity index (χ1) is 7.15. The maximum atomic E-state index is 9.47. The Morgan fingerprint density at radius 1 is 1.67 bits per heavy atom. The van der Waals surface area contributed by atoms with E-state index in [1.54, 1.807) is 0 Å². The lowest BCUT2D eigenvalue weighted by molar-refractivity contribution is 0.212. The normalized spacial score (nSPS) is 21.5. The van der Waals surface area contributed by atoms with E-state index in [2.05, 4.69) is 16.5 Å². The highest BCUT2D eigenvalue weighted by Crippen LogP contribution is 2.11. The molecule has 0 saturated heterocycles. The van der Waals surface area contributed by atoms with Gasteiger partial charge in [0.25, 0.3) is 0 Å². The van der Waals surface area contributed by atoms with Crippen LogP contribution in [0.25, 0.3) is 0 Å². The number of nitrogens with one attached hydrogen (secondary N) is 1. The van der Waals surface area contributed by atoms with Gasteiger partial charge in [0, 0.05) is 32.3 Å². The molecule has 0 aliphatic carbocycles. The molecule has 1 aromatic heterocycles. The van der Waals surface area contributed by atoms with Crippen molar-refractivity contribution in [2.24, 2.45) is 7.05 Å². The molecule has 0 fully saturated rings. The van der Waals surface area contributed by atoms with Crippen LogP contribution in [-0.2, 0) is 13.5 Å². The third kappa shape index (κ3) is 2.46. The molecule has 15 heavy (non-hydrogen) atoms. The number of aryl methyl sites for hydroxylation is 2. The molecule has 2 N–H and O–H groups in total. The molecule has 1 unspecified atom stereocenters. The second-order valence-corrected chi connectivity index (χ2v) is 4.10. The molecule has 1 atom stereocenters.